The van der Waals surface area contributed by atoms with Gasteiger partial charge < -0.3 is 0 Å². The largest absolute Gasteiger partial charge is 0.299 e. The summed E-state index contributed by atoms with van der Waals surface area (Å²) in [4.78, 5) is 12.2. The van der Waals surface area contributed by atoms with Crippen LogP contribution in [0.15, 0.2) is 11.1 Å². The van der Waals surface area contributed by atoms with Gasteiger partial charge in [0, 0.05) is 12.3 Å². The third kappa shape index (κ3) is 1.98. The molecule has 0 heterocycles. The summed E-state index contributed by atoms with van der Waals surface area (Å²) < 4.78 is 0. The van der Waals surface area contributed by atoms with Crippen LogP contribution in [-0.4, -0.2) is 5.78 Å². The van der Waals surface area contributed by atoms with Gasteiger partial charge in [-0.1, -0.05) is 25.7 Å². The number of rotatable bonds is 0. The number of ketones is 1. The van der Waals surface area contributed by atoms with Crippen molar-refractivity contribution in [2.75, 3.05) is 0 Å². The van der Waals surface area contributed by atoms with E-state index < -0.39 is 0 Å². The first kappa shape index (κ1) is 12.4. The van der Waals surface area contributed by atoms with Gasteiger partial charge in [0.25, 0.3) is 0 Å². The lowest BCUT2D eigenvalue weighted by Crippen LogP contribution is -2.34. The van der Waals surface area contributed by atoms with Gasteiger partial charge in [-0.25, -0.2) is 0 Å². The van der Waals surface area contributed by atoms with E-state index in [0.717, 1.165) is 24.3 Å². The first-order chi connectivity index (χ1) is 9.24. The van der Waals surface area contributed by atoms with Crippen LogP contribution < -0.4 is 0 Å². The van der Waals surface area contributed by atoms with Gasteiger partial charge in [-0.3, -0.25) is 4.79 Å². The molecule has 0 radical (unpaired) electrons. The summed E-state index contributed by atoms with van der Waals surface area (Å²) in [5, 5.41) is 18.1. The molecule has 3 rings (SSSR count). The van der Waals surface area contributed by atoms with Crippen molar-refractivity contribution in [3.05, 3.63) is 11.1 Å². The molecular weight excluding hydrogens is 236 g/mol. The van der Waals surface area contributed by atoms with Crippen LogP contribution in [-0.2, 0) is 4.79 Å². The van der Waals surface area contributed by atoms with E-state index in [4.69, 9.17) is 10.5 Å². The number of nitrogens with zero attached hydrogens (tertiary/aromatic N) is 2. The molecule has 0 amide bonds. The maximum absolute atomic E-state index is 12.2. The summed E-state index contributed by atoms with van der Waals surface area (Å²) in [6.45, 7) is 0. The van der Waals surface area contributed by atoms with Gasteiger partial charge >= 0.3 is 0 Å². The standard InChI is InChI=1S/C16H18N2O/c17-8-12(9-18)13-7-16(19)15-6-11-4-2-1-3-10(11)5-14(13)15/h10-11,14-15H,1-7H2. The van der Waals surface area contributed by atoms with Crippen molar-refractivity contribution in [3.63, 3.8) is 0 Å². The molecular formula is C16H18N2O. The minimum absolute atomic E-state index is 0.103. The summed E-state index contributed by atoms with van der Waals surface area (Å²) in [5.41, 5.74) is 1.05. The summed E-state index contributed by atoms with van der Waals surface area (Å²) >= 11 is 0. The van der Waals surface area contributed by atoms with Crippen LogP contribution in [0.3, 0.4) is 0 Å². The second-order valence-corrected chi connectivity index (χ2v) is 6.26. The van der Waals surface area contributed by atoms with Gasteiger partial charge in [0.15, 0.2) is 0 Å². The van der Waals surface area contributed by atoms with Crippen LogP contribution in [0.2, 0.25) is 0 Å². The van der Waals surface area contributed by atoms with Crippen LogP contribution in [0.5, 0.6) is 0 Å². The fourth-order valence-corrected chi connectivity index (χ4v) is 4.52. The second kappa shape index (κ2) is 4.82. The van der Waals surface area contributed by atoms with Crippen molar-refractivity contribution in [2.45, 2.75) is 44.9 Å². The van der Waals surface area contributed by atoms with Gasteiger partial charge in [0.05, 0.1) is 0 Å². The third-order valence-corrected chi connectivity index (χ3v) is 5.44. The Morgan fingerprint density at radius 2 is 1.58 bits per heavy atom. The van der Waals surface area contributed by atoms with Crippen molar-refractivity contribution in [1.82, 2.24) is 0 Å². The Kier molecular flexibility index (Phi) is 3.15. The minimum Gasteiger partial charge on any atom is -0.299 e. The highest BCUT2D eigenvalue weighted by Crippen LogP contribution is 2.52. The van der Waals surface area contributed by atoms with Crippen LogP contribution in [0, 0.1) is 46.3 Å². The summed E-state index contributed by atoms with van der Waals surface area (Å²) in [6, 6.07) is 3.97. The number of carbonyl (C=O) groups is 1. The lowest BCUT2D eigenvalue weighted by Gasteiger charge is -2.41. The first-order valence-corrected chi connectivity index (χ1v) is 7.30. The van der Waals surface area contributed by atoms with Gasteiger partial charge in [-0.05, 0) is 36.2 Å². The van der Waals surface area contributed by atoms with Crippen molar-refractivity contribution in [1.29, 1.82) is 10.5 Å². The van der Waals surface area contributed by atoms with Gasteiger partial charge in [-0.15, -0.1) is 0 Å². The number of allylic oxidation sites excluding steroid dienone is 2. The van der Waals surface area contributed by atoms with Gasteiger partial charge in [0.2, 0.25) is 0 Å². The highest BCUT2D eigenvalue weighted by Gasteiger charge is 2.47. The molecule has 3 aliphatic carbocycles. The average Bonchev–Trinajstić information content (AvgIpc) is 2.75. The van der Waals surface area contributed by atoms with Crippen LogP contribution in [0.4, 0.5) is 0 Å². The molecule has 0 spiro atoms. The molecule has 3 nitrogen and oxygen atoms in total. The third-order valence-electron chi connectivity index (χ3n) is 5.44. The molecule has 0 aromatic heterocycles. The molecule has 0 bridgehead atoms. The molecule has 0 aromatic rings. The topological polar surface area (TPSA) is 64.7 Å². The lowest BCUT2D eigenvalue weighted by atomic mass is 9.63. The van der Waals surface area contributed by atoms with Crippen molar-refractivity contribution >= 4 is 5.78 Å². The van der Waals surface area contributed by atoms with Crippen LogP contribution in [0.1, 0.15) is 44.9 Å². The Morgan fingerprint density at radius 1 is 1.00 bits per heavy atom. The Balaban J connectivity index is 1.91. The smallest absolute Gasteiger partial charge is 0.140 e. The highest BCUT2D eigenvalue weighted by atomic mass is 16.1. The maximum Gasteiger partial charge on any atom is 0.140 e. The number of fused-ring (bicyclic) bond motifs is 2. The Morgan fingerprint density at radius 3 is 2.16 bits per heavy atom. The average molecular weight is 254 g/mol. The zero-order valence-corrected chi connectivity index (χ0v) is 11.1. The lowest BCUT2D eigenvalue weighted by molar-refractivity contribution is -0.123. The van der Waals surface area contributed by atoms with Crippen molar-refractivity contribution in [3.8, 4) is 12.1 Å². The first-order valence-electron chi connectivity index (χ1n) is 7.30. The predicted molar refractivity (Wildman–Crippen MR) is 69.5 cm³/mol. The normalized spacial score (nSPS) is 36.9. The van der Waals surface area contributed by atoms with E-state index in [-0.39, 0.29) is 23.2 Å². The van der Waals surface area contributed by atoms with Crippen LogP contribution in [0.25, 0.3) is 0 Å². The Labute approximate surface area is 113 Å². The van der Waals surface area contributed by atoms with Crippen molar-refractivity contribution in [2.24, 2.45) is 23.7 Å². The van der Waals surface area contributed by atoms with Crippen LogP contribution >= 0.6 is 0 Å². The molecule has 3 aliphatic rings. The molecule has 4 unspecified atom stereocenters. The SMILES string of the molecule is N#CC(C#N)=C1CC(=O)C2CC3CCCCC3CC12. The summed E-state index contributed by atoms with van der Waals surface area (Å²) in [6.07, 6.45) is 7.52. The molecule has 3 fully saturated rings. The van der Waals surface area contributed by atoms with E-state index in [1.54, 1.807) is 0 Å². The van der Waals surface area contributed by atoms with E-state index in [9.17, 15) is 4.79 Å². The molecule has 19 heavy (non-hydrogen) atoms. The number of Topliss-reactive ketones (excluding diaryl/α,β-unsaturated/α-hetero) is 1. The molecule has 0 N–H and O–H groups in total. The molecule has 0 saturated heterocycles. The highest BCUT2D eigenvalue weighted by molar-refractivity contribution is 5.88. The van der Waals surface area contributed by atoms with E-state index in [1.165, 1.54) is 25.7 Å². The second-order valence-electron chi connectivity index (χ2n) is 6.26. The summed E-state index contributed by atoms with van der Waals surface area (Å²) in [5.74, 6) is 2.00. The molecule has 3 saturated carbocycles. The Hall–Kier alpha value is -1.61. The molecule has 0 aromatic carbocycles. The number of nitriles is 2. The predicted octanol–water partition coefficient (Wildman–Crippen LogP) is 3.14. The molecule has 98 valence electrons. The fraction of sp³-hybridized carbons (Fsp3) is 0.688. The van der Waals surface area contributed by atoms with E-state index in [1.807, 2.05) is 12.1 Å². The maximum atomic E-state index is 12.2. The Bertz CT molecular complexity index is 504. The van der Waals surface area contributed by atoms with Crippen molar-refractivity contribution < 1.29 is 4.79 Å². The van der Waals surface area contributed by atoms with E-state index >= 15 is 0 Å². The minimum atomic E-state index is 0.103. The molecule has 3 heteroatoms. The monoisotopic (exact) mass is 254 g/mol. The van der Waals surface area contributed by atoms with Gasteiger partial charge in [-0.2, -0.15) is 10.5 Å². The fourth-order valence-electron chi connectivity index (χ4n) is 4.52. The molecule has 0 aliphatic heterocycles. The summed E-state index contributed by atoms with van der Waals surface area (Å²) in [7, 11) is 0. The number of carbonyl (C=O) groups excluding carboxylic acids is 1. The van der Waals surface area contributed by atoms with E-state index in [0.29, 0.717) is 12.3 Å². The number of hydrogen-bond acceptors (Lipinski definition) is 3. The van der Waals surface area contributed by atoms with E-state index in [2.05, 4.69) is 0 Å². The quantitative estimate of drug-likeness (QED) is 0.624. The zero-order chi connectivity index (χ0) is 13.4. The van der Waals surface area contributed by atoms with Gasteiger partial charge in [0.1, 0.15) is 23.5 Å². The molecule has 4 atom stereocenters. The zero-order valence-electron chi connectivity index (χ0n) is 11.1. The number of hydrogen-bond donors (Lipinski definition) is 0.